The average Bonchev–Trinajstić information content (AvgIpc) is 3.59. The van der Waals surface area contributed by atoms with Crippen LogP contribution in [0, 0.1) is 0 Å². The number of amidine groups is 1. The van der Waals surface area contributed by atoms with Gasteiger partial charge in [0, 0.05) is 23.7 Å². The number of aliphatic imine (C=N–C) groups is 1. The average molecular weight is 372 g/mol. The molecule has 2 aromatic rings. The highest BCUT2D eigenvalue weighted by atomic mass is 16.5. The number of hydrogen-bond donors (Lipinski definition) is 3. The standard InChI is InChI=1S/C22H20N4O2/c27-22(25-28)15-9-7-14(8-10-15)20-17-4-3-13-26(16-11-12-16)21(17)24-19-6-2-1-5-18(19)23-20/h1-10,16,23,28H,11-13H2,(H,25,27). The molecule has 3 aliphatic rings. The van der Waals surface area contributed by atoms with Crippen molar-refractivity contribution in [1.29, 1.82) is 0 Å². The number of amides is 1. The first kappa shape index (κ1) is 16.8. The van der Waals surface area contributed by atoms with Crippen LogP contribution >= 0.6 is 0 Å². The van der Waals surface area contributed by atoms with E-state index in [9.17, 15) is 4.79 Å². The molecule has 28 heavy (non-hydrogen) atoms. The normalized spacial score (nSPS) is 17.9. The zero-order chi connectivity index (χ0) is 19.1. The lowest BCUT2D eigenvalue weighted by molar-refractivity contribution is 0.0706. The third kappa shape index (κ3) is 2.88. The van der Waals surface area contributed by atoms with Crippen molar-refractivity contribution < 1.29 is 10.0 Å². The van der Waals surface area contributed by atoms with Gasteiger partial charge in [0.15, 0.2) is 0 Å². The number of carbonyl (C=O) groups excluding carboxylic acids is 1. The molecule has 0 saturated heterocycles. The summed E-state index contributed by atoms with van der Waals surface area (Å²) in [7, 11) is 0. The Morgan fingerprint density at radius 3 is 2.68 bits per heavy atom. The number of nitrogens with one attached hydrogen (secondary N) is 2. The minimum Gasteiger partial charge on any atom is -0.353 e. The molecule has 0 bridgehead atoms. The zero-order valence-electron chi connectivity index (χ0n) is 15.2. The van der Waals surface area contributed by atoms with Crippen LogP contribution in [0.25, 0.3) is 5.70 Å². The van der Waals surface area contributed by atoms with E-state index in [0.717, 1.165) is 40.6 Å². The van der Waals surface area contributed by atoms with Crippen molar-refractivity contribution in [2.24, 2.45) is 4.99 Å². The van der Waals surface area contributed by atoms with Crippen LogP contribution in [0.2, 0.25) is 0 Å². The van der Waals surface area contributed by atoms with Crippen molar-refractivity contribution in [3.63, 3.8) is 0 Å². The molecule has 2 aromatic carbocycles. The van der Waals surface area contributed by atoms with E-state index >= 15 is 0 Å². The van der Waals surface area contributed by atoms with Crippen molar-refractivity contribution in [2.45, 2.75) is 18.9 Å². The second-order valence-corrected chi connectivity index (χ2v) is 7.17. The first-order valence-electron chi connectivity index (χ1n) is 9.42. The summed E-state index contributed by atoms with van der Waals surface area (Å²) in [6.45, 7) is 0.873. The highest BCUT2D eigenvalue weighted by molar-refractivity contribution is 6.13. The van der Waals surface area contributed by atoms with Crippen LogP contribution in [-0.2, 0) is 0 Å². The largest absolute Gasteiger partial charge is 0.353 e. The first-order chi connectivity index (χ1) is 13.7. The van der Waals surface area contributed by atoms with E-state index in [0.29, 0.717) is 11.6 Å². The van der Waals surface area contributed by atoms with E-state index in [1.165, 1.54) is 12.8 Å². The van der Waals surface area contributed by atoms with Crippen LogP contribution in [0.15, 0.2) is 71.2 Å². The van der Waals surface area contributed by atoms with Crippen molar-refractivity contribution >= 4 is 28.8 Å². The van der Waals surface area contributed by atoms with Crippen LogP contribution in [-0.4, -0.2) is 34.4 Å². The number of hydrogen-bond acceptors (Lipinski definition) is 5. The Kier molecular flexibility index (Phi) is 3.98. The second kappa shape index (κ2) is 6.65. The lowest BCUT2D eigenvalue weighted by Crippen LogP contribution is -2.37. The molecule has 0 spiro atoms. The van der Waals surface area contributed by atoms with Crippen molar-refractivity contribution in [3.8, 4) is 0 Å². The number of hydroxylamine groups is 1. The molecule has 140 valence electrons. The minimum atomic E-state index is -0.525. The van der Waals surface area contributed by atoms with Crippen molar-refractivity contribution in [3.05, 3.63) is 77.4 Å². The first-order valence-corrected chi connectivity index (χ1v) is 9.42. The van der Waals surface area contributed by atoms with E-state index in [4.69, 9.17) is 10.2 Å². The summed E-state index contributed by atoms with van der Waals surface area (Å²) >= 11 is 0. The Morgan fingerprint density at radius 1 is 1.14 bits per heavy atom. The maximum Gasteiger partial charge on any atom is 0.274 e. The van der Waals surface area contributed by atoms with Crippen LogP contribution in [0.4, 0.5) is 11.4 Å². The summed E-state index contributed by atoms with van der Waals surface area (Å²) in [4.78, 5) is 19.0. The Balaban J connectivity index is 1.65. The molecule has 1 saturated carbocycles. The van der Waals surface area contributed by atoms with Gasteiger partial charge < -0.3 is 10.2 Å². The molecule has 6 nitrogen and oxygen atoms in total. The van der Waals surface area contributed by atoms with Gasteiger partial charge in [-0.3, -0.25) is 10.0 Å². The number of para-hydroxylation sites is 2. The fraction of sp³-hybridized carbons (Fsp3) is 0.182. The van der Waals surface area contributed by atoms with Gasteiger partial charge in [0.25, 0.3) is 5.91 Å². The molecule has 1 amide bonds. The Labute approximate surface area is 162 Å². The smallest absolute Gasteiger partial charge is 0.274 e. The molecule has 2 heterocycles. The summed E-state index contributed by atoms with van der Waals surface area (Å²) in [6, 6.07) is 15.8. The summed E-state index contributed by atoms with van der Waals surface area (Å²) in [6.07, 6.45) is 6.71. The minimum absolute atomic E-state index is 0.401. The van der Waals surface area contributed by atoms with Gasteiger partial charge in [-0.15, -0.1) is 0 Å². The molecule has 2 aliphatic heterocycles. The van der Waals surface area contributed by atoms with Gasteiger partial charge in [-0.1, -0.05) is 36.4 Å². The molecule has 1 aliphatic carbocycles. The molecule has 1 fully saturated rings. The van der Waals surface area contributed by atoms with Crippen LogP contribution in [0.5, 0.6) is 0 Å². The molecular weight excluding hydrogens is 352 g/mol. The lowest BCUT2D eigenvalue weighted by Gasteiger charge is -2.29. The quantitative estimate of drug-likeness (QED) is 0.567. The number of carbonyl (C=O) groups is 1. The third-order valence-corrected chi connectivity index (χ3v) is 5.28. The van der Waals surface area contributed by atoms with Gasteiger partial charge in [0.05, 0.1) is 17.1 Å². The van der Waals surface area contributed by atoms with E-state index in [1.54, 1.807) is 17.6 Å². The van der Waals surface area contributed by atoms with Crippen LogP contribution in [0.1, 0.15) is 28.8 Å². The fourth-order valence-corrected chi connectivity index (χ4v) is 3.70. The maximum absolute atomic E-state index is 11.6. The van der Waals surface area contributed by atoms with Gasteiger partial charge in [-0.25, -0.2) is 10.5 Å². The van der Waals surface area contributed by atoms with Crippen LogP contribution in [0.3, 0.4) is 0 Å². The fourth-order valence-electron chi connectivity index (χ4n) is 3.70. The Morgan fingerprint density at radius 2 is 1.93 bits per heavy atom. The predicted octanol–water partition coefficient (Wildman–Crippen LogP) is 3.71. The van der Waals surface area contributed by atoms with E-state index in [2.05, 4.69) is 22.4 Å². The number of nitrogens with zero attached hydrogens (tertiary/aromatic N) is 2. The van der Waals surface area contributed by atoms with Gasteiger partial charge in [0.2, 0.25) is 0 Å². The molecule has 0 radical (unpaired) electrons. The second-order valence-electron chi connectivity index (χ2n) is 7.17. The summed E-state index contributed by atoms with van der Waals surface area (Å²) in [5.74, 6) is 0.470. The number of rotatable bonds is 3. The Bertz CT molecular complexity index is 1030. The summed E-state index contributed by atoms with van der Waals surface area (Å²) in [5.41, 5.74) is 6.91. The number of anilines is 1. The van der Waals surface area contributed by atoms with Crippen LogP contribution < -0.4 is 10.8 Å². The van der Waals surface area contributed by atoms with Gasteiger partial charge in [-0.05, 0) is 42.7 Å². The third-order valence-electron chi connectivity index (χ3n) is 5.28. The monoisotopic (exact) mass is 372 g/mol. The molecular formula is C22H20N4O2. The van der Waals surface area contributed by atoms with Crippen molar-refractivity contribution in [2.75, 3.05) is 11.9 Å². The van der Waals surface area contributed by atoms with Gasteiger partial charge in [0.1, 0.15) is 5.84 Å². The summed E-state index contributed by atoms with van der Waals surface area (Å²) < 4.78 is 0. The number of fused-ring (bicyclic) bond motifs is 2. The molecule has 5 rings (SSSR count). The Hall–Kier alpha value is -3.38. The maximum atomic E-state index is 11.6. The van der Waals surface area contributed by atoms with E-state index < -0.39 is 5.91 Å². The number of benzene rings is 2. The molecule has 0 aromatic heterocycles. The van der Waals surface area contributed by atoms with E-state index in [1.807, 2.05) is 36.4 Å². The molecule has 3 N–H and O–H groups in total. The van der Waals surface area contributed by atoms with Gasteiger partial charge >= 0.3 is 0 Å². The highest BCUT2D eigenvalue weighted by Crippen LogP contribution is 2.38. The summed E-state index contributed by atoms with van der Waals surface area (Å²) in [5, 5.41) is 12.4. The molecule has 6 heteroatoms. The molecule has 0 atom stereocenters. The SMILES string of the molecule is O=C(NO)c1ccc(C2=C3C=CCN(C4CC4)C3=Nc3ccccc3N2)cc1. The zero-order valence-corrected chi connectivity index (χ0v) is 15.2. The highest BCUT2D eigenvalue weighted by Gasteiger charge is 2.35. The topological polar surface area (TPSA) is 77.0 Å². The predicted molar refractivity (Wildman–Crippen MR) is 109 cm³/mol. The van der Waals surface area contributed by atoms with Crippen molar-refractivity contribution in [1.82, 2.24) is 10.4 Å². The van der Waals surface area contributed by atoms with E-state index in [-0.39, 0.29) is 0 Å². The van der Waals surface area contributed by atoms with Gasteiger partial charge in [-0.2, -0.15) is 0 Å². The lowest BCUT2D eigenvalue weighted by atomic mass is 10.0. The molecule has 0 unspecified atom stereocenters.